The van der Waals surface area contributed by atoms with Gasteiger partial charge in [0.05, 0.1) is 5.56 Å². The molecule has 1 aliphatic rings. The Bertz CT molecular complexity index is 1040. The summed E-state index contributed by atoms with van der Waals surface area (Å²) in [6.45, 7) is 0.0347. The highest BCUT2D eigenvalue weighted by molar-refractivity contribution is 6.06. The van der Waals surface area contributed by atoms with Gasteiger partial charge in [0.1, 0.15) is 5.75 Å². The monoisotopic (exact) mass is 376 g/mol. The lowest BCUT2D eigenvalue weighted by Gasteiger charge is -2.13. The van der Waals surface area contributed by atoms with E-state index in [9.17, 15) is 23.1 Å². The summed E-state index contributed by atoms with van der Waals surface area (Å²) in [5, 5.41) is 10.6. The molecule has 27 heavy (non-hydrogen) atoms. The van der Waals surface area contributed by atoms with Gasteiger partial charge in [-0.05, 0) is 46.8 Å². The Labute approximate surface area is 150 Å². The standard InChI is InChI=1S/C19H11F3O5/c20-19(21,22)27-13-4-1-10(2-5-13)14-8-12(18(23)24)7-11-3-6-15-17(16(11)14)26-9-25-15/h1-8H,9H2,(H,23,24). The quantitative estimate of drug-likeness (QED) is 0.709. The number of alkyl halides is 3. The third-order valence-corrected chi connectivity index (χ3v) is 4.10. The van der Waals surface area contributed by atoms with E-state index in [1.54, 1.807) is 12.1 Å². The topological polar surface area (TPSA) is 65.0 Å². The van der Waals surface area contributed by atoms with Crippen molar-refractivity contribution in [2.75, 3.05) is 6.79 Å². The molecule has 3 aromatic rings. The minimum absolute atomic E-state index is 0.0347. The van der Waals surface area contributed by atoms with E-state index in [-0.39, 0.29) is 18.1 Å². The Kier molecular flexibility index (Phi) is 3.83. The number of fused-ring (bicyclic) bond motifs is 3. The first kappa shape index (κ1) is 17.0. The minimum Gasteiger partial charge on any atom is -0.478 e. The smallest absolute Gasteiger partial charge is 0.478 e. The van der Waals surface area contributed by atoms with E-state index >= 15 is 0 Å². The summed E-state index contributed by atoms with van der Waals surface area (Å²) in [7, 11) is 0. The van der Waals surface area contributed by atoms with Crippen LogP contribution in [0.2, 0.25) is 0 Å². The summed E-state index contributed by atoms with van der Waals surface area (Å²) in [5.41, 5.74) is 1.07. The van der Waals surface area contributed by atoms with Gasteiger partial charge in [0.25, 0.3) is 0 Å². The first-order valence-corrected chi connectivity index (χ1v) is 7.78. The SMILES string of the molecule is O=C(O)c1cc(-c2ccc(OC(F)(F)F)cc2)c2c3c(ccc2c1)OCO3. The van der Waals surface area contributed by atoms with Gasteiger partial charge in [-0.15, -0.1) is 13.2 Å². The lowest BCUT2D eigenvalue weighted by atomic mass is 9.94. The number of hydrogen-bond acceptors (Lipinski definition) is 4. The third-order valence-electron chi connectivity index (χ3n) is 4.10. The van der Waals surface area contributed by atoms with Crippen molar-refractivity contribution in [2.45, 2.75) is 6.36 Å². The molecular formula is C19H11F3O5. The average molecular weight is 376 g/mol. The fraction of sp³-hybridized carbons (Fsp3) is 0.105. The van der Waals surface area contributed by atoms with Crippen LogP contribution in [0.3, 0.4) is 0 Å². The van der Waals surface area contributed by atoms with Crippen molar-refractivity contribution in [1.29, 1.82) is 0 Å². The largest absolute Gasteiger partial charge is 0.573 e. The Morgan fingerprint density at radius 1 is 1.04 bits per heavy atom. The maximum atomic E-state index is 12.3. The highest BCUT2D eigenvalue weighted by atomic mass is 19.4. The van der Waals surface area contributed by atoms with Crippen molar-refractivity contribution < 1.29 is 37.3 Å². The predicted octanol–water partition coefficient (Wildman–Crippen LogP) is 4.83. The molecule has 0 bridgehead atoms. The molecule has 4 rings (SSSR count). The van der Waals surface area contributed by atoms with Crippen molar-refractivity contribution in [3.8, 4) is 28.4 Å². The minimum atomic E-state index is -4.79. The maximum absolute atomic E-state index is 12.3. The first-order valence-electron chi connectivity index (χ1n) is 7.78. The van der Waals surface area contributed by atoms with Crippen molar-refractivity contribution in [3.63, 3.8) is 0 Å². The third kappa shape index (κ3) is 3.21. The van der Waals surface area contributed by atoms with Crippen molar-refractivity contribution >= 4 is 16.7 Å². The van der Waals surface area contributed by atoms with Gasteiger partial charge in [-0.3, -0.25) is 0 Å². The molecule has 0 aliphatic carbocycles. The number of benzene rings is 3. The normalized spacial score (nSPS) is 13.0. The summed E-state index contributed by atoms with van der Waals surface area (Å²) >= 11 is 0. The van der Waals surface area contributed by atoms with Crippen LogP contribution in [-0.4, -0.2) is 24.2 Å². The molecule has 1 aliphatic heterocycles. The lowest BCUT2D eigenvalue weighted by molar-refractivity contribution is -0.274. The fourth-order valence-corrected chi connectivity index (χ4v) is 3.01. The molecule has 5 nitrogen and oxygen atoms in total. The molecule has 0 spiro atoms. The van der Waals surface area contributed by atoms with E-state index in [4.69, 9.17) is 9.47 Å². The molecule has 3 aromatic carbocycles. The Balaban J connectivity index is 1.89. The van der Waals surface area contributed by atoms with Crippen LogP contribution in [0.5, 0.6) is 17.2 Å². The van der Waals surface area contributed by atoms with Crippen LogP contribution < -0.4 is 14.2 Å². The molecule has 0 aromatic heterocycles. The number of carbonyl (C=O) groups is 1. The van der Waals surface area contributed by atoms with E-state index in [1.165, 1.54) is 36.4 Å². The molecule has 138 valence electrons. The zero-order valence-corrected chi connectivity index (χ0v) is 13.5. The maximum Gasteiger partial charge on any atom is 0.573 e. The Morgan fingerprint density at radius 2 is 1.78 bits per heavy atom. The van der Waals surface area contributed by atoms with Gasteiger partial charge in [0.2, 0.25) is 6.79 Å². The number of rotatable bonds is 3. The highest BCUT2D eigenvalue weighted by Gasteiger charge is 2.31. The molecular weight excluding hydrogens is 365 g/mol. The molecule has 0 fully saturated rings. The predicted molar refractivity (Wildman–Crippen MR) is 89.1 cm³/mol. The van der Waals surface area contributed by atoms with Crippen LogP contribution in [0.15, 0.2) is 48.5 Å². The van der Waals surface area contributed by atoms with Crippen LogP contribution in [0.1, 0.15) is 10.4 Å². The highest BCUT2D eigenvalue weighted by Crippen LogP contribution is 2.44. The van der Waals surface area contributed by atoms with Crippen LogP contribution in [0.4, 0.5) is 13.2 Å². The van der Waals surface area contributed by atoms with Crippen LogP contribution in [-0.2, 0) is 0 Å². The summed E-state index contributed by atoms with van der Waals surface area (Å²) in [6, 6.07) is 11.5. The van der Waals surface area contributed by atoms with Crippen LogP contribution in [0.25, 0.3) is 21.9 Å². The molecule has 8 heteroatoms. The Morgan fingerprint density at radius 3 is 2.44 bits per heavy atom. The molecule has 0 saturated heterocycles. The molecule has 0 amide bonds. The number of hydrogen-bond donors (Lipinski definition) is 1. The van der Waals surface area contributed by atoms with E-state index in [0.29, 0.717) is 33.4 Å². The van der Waals surface area contributed by atoms with E-state index < -0.39 is 12.3 Å². The molecule has 0 saturated carbocycles. The average Bonchev–Trinajstić information content (AvgIpc) is 3.09. The van der Waals surface area contributed by atoms with Crippen LogP contribution >= 0.6 is 0 Å². The lowest BCUT2D eigenvalue weighted by Crippen LogP contribution is -2.16. The fourth-order valence-electron chi connectivity index (χ4n) is 3.01. The van der Waals surface area contributed by atoms with Crippen molar-refractivity contribution in [1.82, 2.24) is 0 Å². The van der Waals surface area contributed by atoms with Gasteiger partial charge in [-0.2, -0.15) is 0 Å². The summed E-state index contributed by atoms with van der Waals surface area (Å²) in [6.07, 6.45) is -4.79. The Hall–Kier alpha value is -3.42. The van der Waals surface area contributed by atoms with Crippen LogP contribution in [0, 0.1) is 0 Å². The molecule has 0 atom stereocenters. The van der Waals surface area contributed by atoms with Crippen molar-refractivity contribution in [2.24, 2.45) is 0 Å². The number of halogens is 3. The first-order chi connectivity index (χ1) is 12.8. The zero-order valence-electron chi connectivity index (χ0n) is 13.5. The second kappa shape index (κ2) is 6.08. The van der Waals surface area contributed by atoms with E-state index in [1.807, 2.05) is 0 Å². The van der Waals surface area contributed by atoms with E-state index in [2.05, 4.69) is 4.74 Å². The summed E-state index contributed by atoms with van der Waals surface area (Å²) in [4.78, 5) is 11.5. The second-order valence-electron chi connectivity index (χ2n) is 5.80. The second-order valence-corrected chi connectivity index (χ2v) is 5.80. The van der Waals surface area contributed by atoms with Gasteiger partial charge >= 0.3 is 12.3 Å². The zero-order chi connectivity index (χ0) is 19.2. The van der Waals surface area contributed by atoms with Gasteiger partial charge in [-0.1, -0.05) is 18.2 Å². The summed E-state index contributed by atoms with van der Waals surface area (Å²) in [5.74, 6) is -0.499. The summed E-state index contributed by atoms with van der Waals surface area (Å²) < 4.78 is 51.8. The number of carboxylic acids is 1. The number of ether oxygens (including phenoxy) is 3. The molecule has 1 N–H and O–H groups in total. The van der Waals surface area contributed by atoms with E-state index in [0.717, 1.165) is 0 Å². The van der Waals surface area contributed by atoms with Gasteiger partial charge in [-0.25, -0.2) is 4.79 Å². The molecule has 1 heterocycles. The number of aromatic carboxylic acids is 1. The van der Waals surface area contributed by atoms with Gasteiger partial charge < -0.3 is 19.3 Å². The molecule has 0 radical (unpaired) electrons. The molecule has 0 unspecified atom stereocenters. The van der Waals surface area contributed by atoms with Gasteiger partial charge in [0, 0.05) is 5.39 Å². The van der Waals surface area contributed by atoms with Crippen molar-refractivity contribution in [3.05, 3.63) is 54.1 Å². The van der Waals surface area contributed by atoms with Gasteiger partial charge in [0.15, 0.2) is 11.5 Å². The number of carboxylic acid groups (broad SMARTS) is 1.